The number of nitrogens with zero attached hydrogens (tertiary/aromatic N) is 2. The summed E-state index contributed by atoms with van der Waals surface area (Å²) in [7, 11) is -4.13. The van der Waals surface area contributed by atoms with Crippen LogP contribution in [-0.4, -0.2) is 53.1 Å². The molecule has 0 heterocycles. The van der Waals surface area contributed by atoms with Gasteiger partial charge in [-0.3, -0.25) is 18.6 Å². The number of rotatable bonds is 44. The summed E-state index contributed by atoms with van der Waals surface area (Å²) in [6.45, 7) is 11.6. The van der Waals surface area contributed by atoms with E-state index in [1.807, 2.05) is 33.8 Å². The summed E-state index contributed by atoms with van der Waals surface area (Å²) >= 11 is 0. The monoisotopic (exact) mass is 839 g/mol. The second-order valence-electron chi connectivity index (χ2n) is 17.7. The molecule has 0 aromatic heterocycles. The molecule has 58 heavy (non-hydrogen) atoms. The predicted octanol–water partition coefficient (Wildman–Crippen LogP) is 13.8. The molecule has 342 valence electrons. The van der Waals surface area contributed by atoms with Gasteiger partial charge in [-0.2, -0.15) is 5.26 Å². The molecule has 0 aliphatic heterocycles. The molecule has 0 amide bonds. The first-order valence-corrected chi connectivity index (χ1v) is 26.1. The van der Waals surface area contributed by atoms with Gasteiger partial charge in [0.25, 0.3) is 0 Å². The molecule has 0 fully saturated rings. The van der Waals surface area contributed by atoms with Crippen LogP contribution in [0.2, 0.25) is 0 Å². The van der Waals surface area contributed by atoms with E-state index in [0.29, 0.717) is 12.8 Å². The highest BCUT2D eigenvalue weighted by Crippen LogP contribution is 2.56. The van der Waals surface area contributed by atoms with Crippen molar-refractivity contribution in [1.82, 2.24) is 4.67 Å². The Morgan fingerprint density at radius 3 is 1.14 bits per heavy atom. The van der Waals surface area contributed by atoms with Crippen molar-refractivity contribution in [3.63, 3.8) is 0 Å². The average molecular weight is 839 g/mol. The lowest BCUT2D eigenvalue weighted by Crippen LogP contribution is -2.65. The van der Waals surface area contributed by atoms with Crippen molar-refractivity contribution < 1.29 is 23.2 Å². The maximum atomic E-state index is 14.6. The standard InChI is InChI=1S/C48H95N4O5P/c1-7-9-11-13-15-17-19-21-23-25-27-29-31-33-35-38-45(53)48(51,47(42-50)57-58(55,56-41-37-40-49)52(43(3)4)44(5)6)46(54)39-36-34-32-30-28-26-24-22-20-18-16-14-12-10-8-2/h43-44,47H,7-39,41-42,50-51H2,1-6H3. The van der Waals surface area contributed by atoms with Crippen LogP contribution in [0.15, 0.2) is 0 Å². The fourth-order valence-corrected chi connectivity index (χ4v) is 10.6. The molecule has 10 heteroatoms. The molecule has 0 aromatic carbocycles. The molecule has 0 rings (SSSR count). The van der Waals surface area contributed by atoms with Crippen LogP contribution < -0.4 is 11.5 Å². The second kappa shape index (κ2) is 37.6. The van der Waals surface area contributed by atoms with E-state index in [4.69, 9.17) is 20.5 Å². The van der Waals surface area contributed by atoms with Crippen LogP contribution in [0.3, 0.4) is 0 Å². The van der Waals surface area contributed by atoms with Crippen LogP contribution >= 0.6 is 7.75 Å². The van der Waals surface area contributed by atoms with Gasteiger partial charge >= 0.3 is 7.75 Å². The van der Waals surface area contributed by atoms with Crippen molar-refractivity contribution in [2.45, 2.75) is 277 Å². The normalized spacial score (nSPS) is 13.7. The maximum absolute atomic E-state index is 14.6. The summed E-state index contributed by atoms with van der Waals surface area (Å²) in [5.41, 5.74) is 11.1. The minimum absolute atomic E-state index is 0.00862. The smallest absolute Gasteiger partial charge is 0.328 e. The zero-order valence-electron chi connectivity index (χ0n) is 39.0. The van der Waals surface area contributed by atoms with Gasteiger partial charge in [-0.15, -0.1) is 0 Å². The van der Waals surface area contributed by atoms with Crippen molar-refractivity contribution in [2.75, 3.05) is 13.2 Å². The van der Waals surface area contributed by atoms with E-state index < -0.39 is 31.0 Å². The van der Waals surface area contributed by atoms with Crippen LogP contribution in [0, 0.1) is 11.3 Å². The molecule has 0 aliphatic rings. The SMILES string of the molecule is CCCCCCCCCCCCCCCCCC(=O)C(N)(C(=O)CCCCCCCCCCCCCCCCC)C(CN)OP(=O)(OCCC#N)N(C(C)C)C(C)C. The lowest BCUT2D eigenvalue weighted by molar-refractivity contribution is -0.139. The van der Waals surface area contributed by atoms with Crippen molar-refractivity contribution in [3.8, 4) is 6.07 Å². The van der Waals surface area contributed by atoms with E-state index >= 15 is 0 Å². The lowest BCUT2D eigenvalue weighted by atomic mass is 9.80. The van der Waals surface area contributed by atoms with E-state index in [-0.39, 0.29) is 44.5 Å². The fourth-order valence-electron chi connectivity index (χ4n) is 8.24. The molecule has 0 saturated heterocycles. The first-order chi connectivity index (χ1) is 28.0. The van der Waals surface area contributed by atoms with E-state index in [1.165, 1.54) is 141 Å². The Morgan fingerprint density at radius 2 is 0.879 bits per heavy atom. The van der Waals surface area contributed by atoms with Crippen molar-refractivity contribution in [2.24, 2.45) is 11.5 Å². The number of unbranched alkanes of at least 4 members (excludes halogenated alkanes) is 28. The van der Waals surface area contributed by atoms with Crippen LogP contribution in [0.4, 0.5) is 0 Å². The summed E-state index contributed by atoms with van der Waals surface area (Å²) in [6, 6.07) is 1.50. The minimum atomic E-state index is -4.13. The van der Waals surface area contributed by atoms with Gasteiger partial charge in [-0.25, -0.2) is 9.24 Å². The zero-order chi connectivity index (χ0) is 43.3. The Labute approximate surface area is 359 Å². The number of carbonyl (C=O) groups is 2. The van der Waals surface area contributed by atoms with E-state index in [9.17, 15) is 19.4 Å². The zero-order valence-corrected chi connectivity index (χ0v) is 39.9. The number of hydrogen-bond acceptors (Lipinski definition) is 8. The van der Waals surface area contributed by atoms with Gasteiger partial charge in [0.05, 0.1) is 19.1 Å². The lowest BCUT2D eigenvalue weighted by Gasteiger charge is -2.41. The van der Waals surface area contributed by atoms with E-state index in [2.05, 4.69) is 13.8 Å². The van der Waals surface area contributed by atoms with E-state index in [1.54, 1.807) is 4.67 Å². The summed E-state index contributed by atoms with van der Waals surface area (Å²) in [5.74, 6) is -0.819. The molecule has 0 bridgehead atoms. The molecule has 0 aromatic rings. The van der Waals surface area contributed by atoms with Crippen LogP contribution in [-0.2, 0) is 23.2 Å². The first-order valence-electron chi connectivity index (χ1n) is 24.6. The number of Topliss-reactive ketones (excluding diaryl/α,β-unsaturated/α-hetero) is 2. The molecule has 0 radical (unpaired) electrons. The van der Waals surface area contributed by atoms with Crippen LogP contribution in [0.1, 0.15) is 253 Å². The Hall–Kier alpha value is -1.14. The van der Waals surface area contributed by atoms with Gasteiger partial charge in [-0.1, -0.05) is 194 Å². The van der Waals surface area contributed by atoms with Gasteiger partial charge in [0.15, 0.2) is 17.1 Å². The van der Waals surface area contributed by atoms with Gasteiger partial charge in [0, 0.05) is 31.5 Å². The Morgan fingerprint density at radius 1 is 0.586 bits per heavy atom. The van der Waals surface area contributed by atoms with Gasteiger partial charge in [0.1, 0.15) is 6.10 Å². The number of nitrogens with two attached hydrogens (primary N) is 2. The molecular weight excluding hydrogens is 744 g/mol. The summed E-state index contributed by atoms with van der Waals surface area (Å²) in [5, 5.41) is 9.18. The molecule has 2 unspecified atom stereocenters. The van der Waals surface area contributed by atoms with Gasteiger partial charge < -0.3 is 11.5 Å². The summed E-state index contributed by atoms with van der Waals surface area (Å²) < 4.78 is 28.3. The molecule has 0 spiro atoms. The highest BCUT2D eigenvalue weighted by molar-refractivity contribution is 7.51. The third kappa shape index (κ3) is 26.3. The van der Waals surface area contributed by atoms with Crippen molar-refractivity contribution >= 4 is 19.3 Å². The Bertz CT molecular complexity index is 1030. The van der Waals surface area contributed by atoms with Gasteiger partial charge in [0.2, 0.25) is 0 Å². The third-order valence-corrected chi connectivity index (χ3v) is 14.2. The molecular formula is C48H95N4O5P. The number of ketones is 2. The topological polar surface area (TPSA) is 149 Å². The third-order valence-electron chi connectivity index (χ3n) is 11.7. The molecule has 0 aliphatic carbocycles. The second-order valence-corrected chi connectivity index (χ2v) is 19.6. The van der Waals surface area contributed by atoms with Crippen LogP contribution in [0.25, 0.3) is 0 Å². The van der Waals surface area contributed by atoms with Crippen molar-refractivity contribution in [3.05, 3.63) is 0 Å². The highest BCUT2D eigenvalue weighted by atomic mass is 31.2. The first kappa shape index (κ1) is 56.9. The fraction of sp³-hybridized carbons (Fsp3) is 0.938. The molecule has 4 N–H and O–H groups in total. The summed E-state index contributed by atoms with van der Waals surface area (Å²) in [4.78, 5) is 28.2. The average Bonchev–Trinajstić information content (AvgIpc) is 3.19. The quantitative estimate of drug-likeness (QED) is 0.0347. The highest BCUT2D eigenvalue weighted by Gasteiger charge is 2.52. The number of nitriles is 1. The Balaban J connectivity index is 5.28. The predicted molar refractivity (Wildman–Crippen MR) is 246 cm³/mol. The van der Waals surface area contributed by atoms with Crippen LogP contribution in [0.5, 0.6) is 0 Å². The minimum Gasteiger partial charge on any atom is -0.328 e. The molecule has 2 atom stereocenters. The largest absolute Gasteiger partial charge is 0.409 e. The number of carbonyl (C=O) groups excluding carboxylic acids is 2. The van der Waals surface area contributed by atoms with Crippen molar-refractivity contribution in [1.29, 1.82) is 5.26 Å². The van der Waals surface area contributed by atoms with Gasteiger partial charge in [-0.05, 0) is 40.5 Å². The summed E-state index contributed by atoms with van der Waals surface area (Å²) in [6.07, 6.45) is 35.4. The maximum Gasteiger partial charge on any atom is 0.409 e. The Kier molecular flexibility index (Phi) is 36.9. The molecule has 9 nitrogen and oxygen atoms in total. The molecule has 0 saturated carbocycles. The number of hydrogen-bond donors (Lipinski definition) is 2. The van der Waals surface area contributed by atoms with E-state index in [0.717, 1.165) is 38.5 Å².